The van der Waals surface area contributed by atoms with Crippen LogP contribution < -0.4 is 0 Å². The highest BCUT2D eigenvalue weighted by Gasteiger charge is 2.32. The molecule has 0 spiro atoms. The Labute approximate surface area is 100 Å². The van der Waals surface area contributed by atoms with E-state index in [1.54, 1.807) is 6.07 Å². The van der Waals surface area contributed by atoms with Crippen LogP contribution in [-0.2, 0) is 10.9 Å². The Bertz CT molecular complexity index is 608. The average Bonchev–Trinajstić information content (AvgIpc) is 2.35. The fourth-order valence-electron chi connectivity index (χ4n) is 1.63. The maximum Gasteiger partial charge on any atom is 0.416 e. The van der Waals surface area contributed by atoms with Crippen molar-refractivity contribution in [1.29, 1.82) is 0 Å². The summed E-state index contributed by atoms with van der Waals surface area (Å²) in [4.78, 5) is 15.3. The molecule has 0 saturated heterocycles. The molecule has 1 aromatic carbocycles. The monoisotopic (exact) mass is 255 g/mol. The van der Waals surface area contributed by atoms with Crippen LogP contribution in [0.4, 0.5) is 13.2 Å². The van der Waals surface area contributed by atoms with Crippen molar-refractivity contribution in [3.05, 3.63) is 41.6 Å². The molecule has 0 aliphatic rings. The Kier molecular flexibility index (Phi) is 2.94. The molecule has 0 aliphatic carbocycles. The van der Waals surface area contributed by atoms with Gasteiger partial charge in [0.05, 0.1) is 23.8 Å². The van der Waals surface area contributed by atoms with E-state index in [4.69, 9.17) is 0 Å². The number of methoxy groups -OCH3 is 1. The number of carbonyl (C=O) groups is 1. The topological polar surface area (TPSA) is 39.2 Å². The van der Waals surface area contributed by atoms with Gasteiger partial charge in [-0.2, -0.15) is 13.2 Å². The van der Waals surface area contributed by atoms with Gasteiger partial charge in [0.25, 0.3) is 0 Å². The van der Waals surface area contributed by atoms with Crippen LogP contribution in [0.1, 0.15) is 15.9 Å². The van der Waals surface area contributed by atoms with E-state index in [0.717, 1.165) is 19.2 Å². The fraction of sp³-hybridized carbons (Fsp3) is 0.167. The van der Waals surface area contributed by atoms with E-state index in [1.165, 1.54) is 12.3 Å². The normalized spacial score (nSPS) is 11.6. The summed E-state index contributed by atoms with van der Waals surface area (Å²) in [6.07, 6.45) is -3.17. The second-order valence-corrected chi connectivity index (χ2v) is 3.58. The van der Waals surface area contributed by atoms with Gasteiger partial charge in [-0.1, -0.05) is 6.07 Å². The number of nitrogens with zero attached hydrogens (tertiary/aromatic N) is 1. The van der Waals surface area contributed by atoms with Gasteiger partial charge in [0.15, 0.2) is 0 Å². The lowest BCUT2D eigenvalue weighted by atomic mass is 10.0. The molecule has 94 valence electrons. The standard InChI is InChI=1S/C12H8F3NO2/c1-18-11(17)9-5-7(12(13,14)15)6-10-8(9)3-2-4-16-10/h2-6H,1H3. The summed E-state index contributed by atoms with van der Waals surface area (Å²) < 4.78 is 42.5. The van der Waals surface area contributed by atoms with E-state index < -0.39 is 17.7 Å². The molecule has 0 atom stereocenters. The molecular weight excluding hydrogens is 247 g/mol. The highest BCUT2D eigenvalue weighted by Crippen LogP contribution is 2.32. The number of esters is 1. The Hall–Kier alpha value is -2.11. The molecule has 2 aromatic rings. The van der Waals surface area contributed by atoms with Crippen molar-refractivity contribution in [3.8, 4) is 0 Å². The molecule has 1 heterocycles. The number of aromatic nitrogens is 1. The minimum absolute atomic E-state index is 0.104. The van der Waals surface area contributed by atoms with Crippen LogP contribution in [0.2, 0.25) is 0 Å². The first-order chi connectivity index (χ1) is 8.43. The number of pyridine rings is 1. The second-order valence-electron chi connectivity index (χ2n) is 3.58. The predicted molar refractivity (Wildman–Crippen MR) is 58.1 cm³/mol. The second kappa shape index (κ2) is 4.29. The van der Waals surface area contributed by atoms with Gasteiger partial charge in [-0.15, -0.1) is 0 Å². The lowest BCUT2D eigenvalue weighted by Crippen LogP contribution is -2.09. The minimum atomic E-state index is -4.53. The fourth-order valence-corrected chi connectivity index (χ4v) is 1.63. The Morgan fingerprint density at radius 2 is 2.06 bits per heavy atom. The number of carbonyl (C=O) groups excluding carboxylic acids is 1. The van der Waals surface area contributed by atoms with Crippen LogP contribution in [0, 0.1) is 0 Å². The molecule has 0 unspecified atom stereocenters. The average molecular weight is 255 g/mol. The van der Waals surface area contributed by atoms with Crippen molar-refractivity contribution in [1.82, 2.24) is 4.98 Å². The summed E-state index contributed by atoms with van der Waals surface area (Å²) in [6, 6.07) is 4.74. The van der Waals surface area contributed by atoms with Crippen LogP contribution in [0.5, 0.6) is 0 Å². The van der Waals surface area contributed by atoms with Crippen LogP contribution in [0.15, 0.2) is 30.5 Å². The summed E-state index contributed by atoms with van der Waals surface area (Å²) in [5, 5.41) is 0.331. The quantitative estimate of drug-likeness (QED) is 0.735. The Balaban J connectivity index is 2.77. The first-order valence-corrected chi connectivity index (χ1v) is 4.98. The summed E-state index contributed by atoms with van der Waals surface area (Å²) in [5.74, 6) is -0.820. The predicted octanol–water partition coefficient (Wildman–Crippen LogP) is 3.04. The third-order valence-electron chi connectivity index (χ3n) is 2.45. The van der Waals surface area contributed by atoms with Gasteiger partial charge in [-0.25, -0.2) is 4.79 Å². The molecule has 3 nitrogen and oxygen atoms in total. The summed E-state index contributed by atoms with van der Waals surface area (Å²) in [5.41, 5.74) is -0.961. The largest absolute Gasteiger partial charge is 0.465 e. The highest BCUT2D eigenvalue weighted by atomic mass is 19.4. The maximum atomic E-state index is 12.7. The van der Waals surface area contributed by atoms with Crippen molar-refractivity contribution in [2.24, 2.45) is 0 Å². The molecule has 18 heavy (non-hydrogen) atoms. The summed E-state index contributed by atoms with van der Waals surface area (Å²) in [7, 11) is 1.12. The van der Waals surface area contributed by atoms with Crippen LogP contribution >= 0.6 is 0 Å². The molecule has 6 heteroatoms. The SMILES string of the molecule is COC(=O)c1cc(C(F)(F)F)cc2ncccc12. The third kappa shape index (κ3) is 2.13. The summed E-state index contributed by atoms with van der Waals surface area (Å²) >= 11 is 0. The summed E-state index contributed by atoms with van der Waals surface area (Å²) in [6.45, 7) is 0. The minimum Gasteiger partial charge on any atom is -0.465 e. The van der Waals surface area contributed by atoms with E-state index in [9.17, 15) is 18.0 Å². The molecule has 0 amide bonds. The zero-order valence-corrected chi connectivity index (χ0v) is 9.28. The van der Waals surface area contributed by atoms with Crippen LogP contribution in [0.3, 0.4) is 0 Å². The van der Waals surface area contributed by atoms with Crippen molar-refractivity contribution in [2.45, 2.75) is 6.18 Å². The molecule has 0 aliphatic heterocycles. The van der Waals surface area contributed by atoms with E-state index >= 15 is 0 Å². The number of hydrogen-bond donors (Lipinski definition) is 0. The molecule has 0 N–H and O–H groups in total. The Morgan fingerprint density at radius 3 is 2.67 bits per heavy atom. The first-order valence-electron chi connectivity index (χ1n) is 4.98. The van der Waals surface area contributed by atoms with Crippen molar-refractivity contribution in [3.63, 3.8) is 0 Å². The first kappa shape index (κ1) is 12.3. The number of fused-ring (bicyclic) bond motifs is 1. The van der Waals surface area contributed by atoms with Crippen LogP contribution in [-0.4, -0.2) is 18.1 Å². The lowest BCUT2D eigenvalue weighted by Gasteiger charge is -2.10. The lowest BCUT2D eigenvalue weighted by molar-refractivity contribution is -0.137. The Morgan fingerprint density at radius 1 is 1.33 bits per heavy atom. The van der Waals surface area contributed by atoms with E-state index in [1.807, 2.05) is 0 Å². The molecule has 0 fully saturated rings. The number of hydrogen-bond acceptors (Lipinski definition) is 3. The number of rotatable bonds is 1. The van der Waals surface area contributed by atoms with Gasteiger partial charge in [0.2, 0.25) is 0 Å². The third-order valence-corrected chi connectivity index (χ3v) is 2.45. The number of benzene rings is 1. The molecule has 0 saturated carbocycles. The van der Waals surface area contributed by atoms with Crippen LogP contribution in [0.25, 0.3) is 10.9 Å². The molecule has 0 radical (unpaired) electrons. The number of alkyl halides is 3. The van der Waals surface area contributed by atoms with Crippen molar-refractivity contribution in [2.75, 3.05) is 7.11 Å². The zero-order chi connectivity index (χ0) is 13.3. The van der Waals surface area contributed by atoms with Gasteiger partial charge < -0.3 is 4.74 Å². The van der Waals surface area contributed by atoms with Crippen molar-refractivity contribution < 1.29 is 22.7 Å². The molecule has 1 aromatic heterocycles. The number of halogens is 3. The van der Waals surface area contributed by atoms with Gasteiger partial charge in [0.1, 0.15) is 0 Å². The highest BCUT2D eigenvalue weighted by molar-refractivity contribution is 6.03. The van der Waals surface area contributed by atoms with Gasteiger partial charge in [-0.3, -0.25) is 4.98 Å². The van der Waals surface area contributed by atoms with Crippen molar-refractivity contribution >= 4 is 16.9 Å². The van der Waals surface area contributed by atoms with E-state index in [2.05, 4.69) is 9.72 Å². The van der Waals surface area contributed by atoms with E-state index in [0.29, 0.717) is 5.39 Å². The molecular formula is C12H8F3NO2. The smallest absolute Gasteiger partial charge is 0.416 e. The zero-order valence-electron chi connectivity index (χ0n) is 9.28. The molecule has 0 bridgehead atoms. The van der Waals surface area contributed by atoms with Gasteiger partial charge in [0, 0.05) is 11.6 Å². The van der Waals surface area contributed by atoms with Gasteiger partial charge in [-0.05, 0) is 18.2 Å². The maximum absolute atomic E-state index is 12.7. The van der Waals surface area contributed by atoms with E-state index in [-0.39, 0.29) is 11.1 Å². The van der Waals surface area contributed by atoms with Gasteiger partial charge >= 0.3 is 12.1 Å². The number of ether oxygens (including phenoxy) is 1. The molecule has 2 rings (SSSR count).